The molecule has 2 aromatic rings. The Bertz CT molecular complexity index is 621. The van der Waals surface area contributed by atoms with Gasteiger partial charge in [0.05, 0.1) is 11.5 Å². The van der Waals surface area contributed by atoms with Gasteiger partial charge in [0.15, 0.2) is 0 Å². The molecular weight excluding hydrogens is 250 g/mol. The molecule has 7 nitrogen and oxygen atoms in total. The molecule has 1 aromatic heterocycles. The standard InChI is InChI=1S/C12H11N3O4/c1-8-4-10(14-19-8)6-13-11-3-2-9(7-16)5-12(11)15(17)18/h2-5,7,13H,6H2,1H3. The Hall–Kier alpha value is -2.70. The average Bonchev–Trinajstić information content (AvgIpc) is 2.82. The van der Waals surface area contributed by atoms with Gasteiger partial charge in [-0.15, -0.1) is 0 Å². The Morgan fingerprint density at radius 2 is 2.26 bits per heavy atom. The van der Waals surface area contributed by atoms with Gasteiger partial charge in [-0.3, -0.25) is 14.9 Å². The van der Waals surface area contributed by atoms with Crippen molar-refractivity contribution in [2.75, 3.05) is 5.32 Å². The number of nitrogens with zero attached hydrogens (tertiary/aromatic N) is 2. The van der Waals surface area contributed by atoms with Crippen molar-refractivity contribution in [1.29, 1.82) is 0 Å². The van der Waals surface area contributed by atoms with E-state index >= 15 is 0 Å². The van der Waals surface area contributed by atoms with Crippen molar-refractivity contribution in [3.05, 3.63) is 51.4 Å². The van der Waals surface area contributed by atoms with Crippen molar-refractivity contribution in [2.24, 2.45) is 0 Å². The molecule has 0 saturated carbocycles. The van der Waals surface area contributed by atoms with E-state index in [0.717, 1.165) is 0 Å². The molecule has 1 heterocycles. The maximum atomic E-state index is 10.9. The second-order valence-corrected chi connectivity index (χ2v) is 3.93. The first-order valence-electron chi connectivity index (χ1n) is 5.50. The fourth-order valence-electron chi connectivity index (χ4n) is 1.61. The molecule has 0 radical (unpaired) electrons. The predicted octanol–water partition coefficient (Wildman–Crippen LogP) is 2.32. The van der Waals surface area contributed by atoms with Gasteiger partial charge in [-0.2, -0.15) is 0 Å². The van der Waals surface area contributed by atoms with Gasteiger partial charge >= 0.3 is 0 Å². The summed E-state index contributed by atoms with van der Waals surface area (Å²) in [6.45, 7) is 2.07. The zero-order valence-electron chi connectivity index (χ0n) is 10.1. The van der Waals surface area contributed by atoms with Crippen LogP contribution in [-0.4, -0.2) is 16.4 Å². The normalized spacial score (nSPS) is 10.2. The van der Waals surface area contributed by atoms with E-state index in [4.69, 9.17) is 4.52 Å². The van der Waals surface area contributed by atoms with Crippen LogP contribution in [0.1, 0.15) is 21.8 Å². The number of nitro groups is 1. The second kappa shape index (κ2) is 5.30. The molecule has 0 aliphatic heterocycles. The summed E-state index contributed by atoms with van der Waals surface area (Å²) in [6.07, 6.45) is 0.567. The Morgan fingerprint density at radius 3 is 2.84 bits per heavy atom. The summed E-state index contributed by atoms with van der Waals surface area (Å²) in [4.78, 5) is 21.0. The number of aromatic nitrogens is 1. The molecule has 0 fully saturated rings. The van der Waals surface area contributed by atoms with Gasteiger partial charge in [-0.1, -0.05) is 5.16 Å². The molecule has 1 aromatic carbocycles. The molecule has 0 bridgehead atoms. The zero-order chi connectivity index (χ0) is 13.8. The van der Waals surface area contributed by atoms with Crippen LogP contribution in [0.3, 0.4) is 0 Å². The van der Waals surface area contributed by atoms with Gasteiger partial charge in [0.25, 0.3) is 5.69 Å². The maximum absolute atomic E-state index is 10.9. The summed E-state index contributed by atoms with van der Waals surface area (Å²) in [5, 5.41) is 17.6. The van der Waals surface area contributed by atoms with E-state index in [9.17, 15) is 14.9 Å². The quantitative estimate of drug-likeness (QED) is 0.503. The van der Waals surface area contributed by atoms with Gasteiger partial charge in [0.2, 0.25) is 0 Å². The van der Waals surface area contributed by atoms with Gasteiger partial charge in [-0.05, 0) is 19.1 Å². The van der Waals surface area contributed by atoms with Crippen molar-refractivity contribution < 1.29 is 14.2 Å². The van der Waals surface area contributed by atoms with Gasteiger partial charge in [0.1, 0.15) is 23.4 Å². The maximum Gasteiger partial charge on any atom is 0.293 e. The first-order valence-corrected chi connectivity index (χ1v) is 5.50. The molecule has 0 saturated heterocycles. The number of nitrogens with one attached hydrogen (secondary N) is 1. The number of rotatable bonds is 5. The Kier molecular flexibility index (Phi) is 3.56. The fraction of sp³-hybridized carbons (Fsp3) is 0.167. The smallest absolute Gasteiger partial charge is 0.293 e. The number of hydrogen-bond acceptors (Lipinski definition) is 6. The molecule has 0 aliphatic rings. The molecule has 7 heteroatoms. The van der Waals surface area contributed by atoms with Crippen molar-refractivity contribution in [1.82, 2.24) is 5.16 Å². The Balaban J connectivity index is 2.19. The molecule has 0 atom stereocenters. The van der Waals surface area contributed by atoms with Crippen molar-refractivity contribution in [3.63, 3.8) is 0 Å². The third-order valence-corrected chi connectivity index (χ3v) is 2.49. The molecule has 0 spiro atoms. The van der Waals surface area contributed by atoms with Crippen molar-refractivity contribution >= 4 is 17.7 Å². The summed E-state index contributed by atoms with van der Waals surface area (Å²) < 4.78 is 4.90. The number of nitro benzene ring substituents is 1. The number of carbonyl (C=O) groups is 1. The minimum absolute atomic E-state index is 0.148. The molecule has 19 heavy (non-hydrogen) atoms. The Morgan fingerprint density at radius 1 is 1.47 bits per heavy atom. The van der Waals surface area contributed by atoms with Crippen molar-refractivity contribution in [3.8, 4) is 0 Å². The van der Waals surface area contributed by atoms with Crippen LogP contribution in [0, 0.1) is 17.0 Å². The van der Waals surface area contributed by atoms with Crippen molar-refractivity contribution in [2.45, 2.75) is 13.5 Å². The minimum Gasteiger partial charge on any atom is -0.374 e. The lowest BCUT2D eigenvalue weighted by Crippen LogP contribution is -2.03. The van der Waals surface area contributed by atoms with Crippen LogP contribution in [0.2, 0.25) is 0 Å². The van der Waals surface area contributed by atoms with Crippen LogP contribution in [-0.2, 0) is 6.54 Å². The van der Waals surface area contributed by atoms with E-state index in [1.165, 1.54) is 18.2 Å². The van der Waals surface area contributed by atoms with E-state index in [2.05, 4.69) is 10.5 Å². The van der Waals surface area contributed by atoms with Crippen LogP contribution in [0.4, 0.5) is 11.4 Å². The third kappa shape index (κ3) is 2.95. The van der Waals surface area contributed by atoms with Gasteiger partial charge < -0.3 is 9.84 Å². The molecular formula is C12H11N3O4. The van der Waals surface area contributed by atoms with E-state index in [0.29, 0.717) is 30.0 Å². The van der Waals surface area contributed by atoms with Gasteiger partial charge in [-0.25, -0.2) is 0 Å². The SMILES string of the molecule is Cc1cc(CNc2ccc(C=O)cc2[N+](=O)[O-])no1. The summed E-state index contributed by atoms with van der Waals surface area (Å²) in [5.41, 5.74) is 1.09. The largest absolute Gasteiger partial charge is 0.374 e. The number of anilines is 1. The van der Waals surface area contributed by atoms with Crippen LogP contribution in [0.5, 0.6) is 0 Å². The summed E-state index contributed by atoms with van der Waals surface area (Å²) in [6, 6.07) is 5.97. The number of aldehydes is 1. The lowest BCUT2D eigenvalue weighted by Gasteiger charge is -2.05. The summed E-state index contributed by atoms with van der Waals surface area (Å²) >= 11 is 0. The minimum atomic E-state index is -0.538. The topological polar surface area (TPSA) is 98.3 Å². The highest BCUT2D eigenvalue weighted by atomic mass is 16.6. The molecule has 0 amide bonds. The van der Waals surface area contributed by atoms with E-state index in [1.807, 2.05) is 0 Å². The van der Waals surface area contributed by atoms with E-state index < -0.39 is 4.92 Å². The lowest BCUT2D eigenvalue weighted by atomic mass is 10.2. The molecule has 0 unspecified atom stereocenters. The van der Waals surface area contributed by atoms with Crippen LogP contribution in [0.25, 0.3) is 0 Å². The highest BCUT2D eigenvalue weighted by Crippen LogP contribution is 2.25. The monoisotopic (exact) mass is 261 g/mol. The molecule has 2 rings (SSSR count). The highest BCUT2D eigenvalue weighted by Gasteiger charge is 2.14. The second-order valence-electron chi connectivity index (χ2n) is 3.93. The van der Waals surface area contributed by atoms with Crippen LogP contribution in [0.15, 0.2) is 28.8 Å². The summed E-state index contributed by atoms with van der Waals surface area (Å²) in [7, 11) is 0. The van der Waals surface area contributed by atoms with Crippen LogP contribution < -0.4 is 5.32 Å². The number of benzene rings is 1. The highest BCUT2D eigenvalue weighted by molar-refractivity contribution is 5.79. The third-order valence-electron chi connectivity index (χ3n) is 2.49. The number of aryl methyl sites for hydroxylation is 1. The molecule has 0 aliphatic carbocycles. The fourth-order valence-corrected chi connectivity index (χ4v) is 1.61. The first-order chi connectivity index (χ1) is 9.10. The zero-order valence-corrected chi connectivity index (χ0v) is 10.1. The molecule has 1 N–H and O–H groups in total. The Labute approximate surface area is 108 Å². The van der Waals surface area contributed by atoms with E-state index in [1.54, 1.807) is 13.0 Å². The van der Waals surface area contributed by atoms with Gasteiger partial charge in [0, 0.05) is 17.7 Å². The predicted molar refractivity (Wildman–Crippen MR) is 67.1 cm³/mol. The summed E-state index contributed by atoms with van der Waals surface area (Å²) in [5.74, 6) is 0.669. The van der Waals surface area contributed by atoms with E-state index in [-0.39, 0.29) is 11.3 Å². The van der Waals surface area contributed by atoms with Crippen LogP contribution >= 0.6 is 0 Å². The average molecular weight is 261 g/mol. The lowest BCUT2D eigenvalue weighted by molar-refractivity contribution is -0.384. The number of carbonyl (C=O) groups excluding carboxylic acids is 1. The first kappa shape index (κ1) is 12.7. The number of hydrogen-bond donors (Lipinski definition) is 1. The molecule has 98 valence electrons.